The molecule has 0 saturated carbocycles. The van der Waals surface area contributed by atoms with E-state index in [2.05, 4.69) is 15.5 Å². The molecule has 0 atom stereocenters. The Hall–Kier alpha value is -2.90. The average Bonchev–Trinajstić information content (AvgIpc) is 2.88. The molecule has 1 N–H and O–H groups in total. The van der Waals surface area contributed by atoms with Gasteiger partial charge in [0.1, 0.15) is 0 Å². The minimum Gasteiger partial charge on any atom is -0.479 e. The van der Waals surface area contributed by atoms with E-state index in [1.54, 1.807) is 32.2 Å². The number of para-hydroxylation sites is 1. The number of nitrogens with zero attached hydrogens (tertiary/aromatic N) is 3. The van der Waals surface area contributed by atoms with Crippen LogP contribution in [0, 0.1) is 6.92 Å². The summed E-state index contributed by atoms with van der Waals surface area (Å²) in [5.74, 6) is 0.759. The van der Waals surface area contributed by atoms with E-state index in [-0.39, 0.29) is 24.8 Å². The van der Waals surface area contributed by atoms with Crippen LogP contribution in [0.1, 0.15) is 11.7 Å². The lowest BCUT2D eigenvalue weighted by molar-refractivity contribution is -0.121. The topological polar surface area (TPSA) is 97.6 Å². The fourth-order valence-corrected chi connectivity index (χ4v) is 2.16. The van der Waals surface area contributed by atoms with Crippen LogP contribution in [0.3, 0.4) is 0 Å². The number of likely N-dealkylation sites (N-methyl/N-ethyl adjacent to an activating group) is 1. The molecule has 0 saturated heterocycles. The second kappa shape index (κ2) is 5.47. The van der Waals surface area contributed by atoms with Crippen molar-refractivity contribution < 1.29 is 18.8 Å². The Bertz CT molecular complexity index is 740. The van der Waals surface area contributed by atoms with E-state index in [9.17, 15) is 9.59 Å². The van der Waals surface area contributed by atoms with Crippen molar-refractivity contribution >= 4 is 23.2 Å². The SMILES string of the molecule is Cc1nc(CC(=O)Nc2cccc3c2OCC(=O)N3C)no1. The molecule has 2 amide bonds. The number of benzene rings is 1. The molecule has 8 nitrogen and oxygen atoms in total. The number of amides is 2. The number of aryl methyl sites for hydroxylation is 1. The number of hydrogen-bond acceptors (Lipinski definition) is 6. The van der Waals surface area contributed by atoms with Crippen molar-refractivity contribution in [2.75, 3.05) is 23.9 Å². The predicted octanol–water partition coefficient (Wildman–Crippen LogP) is 0.914. The summed E-state index contributed by atoms with van der Waals surface area (Å²) in [6, 6.07) is 5.21. The average molecular weight is 302 g/mol. The molecule has 0 bridgehead atoms. The summed E-state index contributed by atoms with van der Waals surface area (Å²) in [6.07, 6.45) is -0.00419. The number of carbonyl (C=O) groups excluding carboxylic acids is 2. The first-order valence-corrected chi connectivity index (χ1v) is 6.66. The zero-order valence-electron chi connectivity index (χ0n) is 12.1. The molecule has 8 heteroatoms. The van der Waals surface area contributed by atoms with E-state index in [1.807, 2.05) is 0 Å². The highest BCUT2D eigenvalue weighted by Gasteiger charge is 2.25. The van der Waals surface area contributed by atoms with Crippen LogP contribution in [0.15, 0.2) is 22.7 Å². The van der Waals surface area contributed by atoms with Crippen LogP contribution < -0.4 is 15.0 Å². The number of aromatic nitrogens is 2. The molecule has 1 aromatic carbocycles. The zero-order valence-corrected chi connectivity index (χ0v) is 12.1. The molecule has 0 radical (unpaired) electrons. The number of rotatable bonds is 3. The molecule has 1 aromatic heterocycles. The highest BCUT2D eigenvalue weighted by Crippen LogP contribution is 2.37. The quantitative estimate of drug-likeness (QED) is 0.905. The molecule has 2 heterocycles. The number of nitrogens with one attached hydrogen (secondary N) is 1. The Morgan fingerprint density at radius 2 is 2.27 bits per heavy atom. The monoisotopic (exact) mass is 302 g/mol. The number of fused-ring (bicyclic) bond motifs is 1. The van der Waals surface area contributed by atoms with Crippen LogP contribution in [-0.2, 0) is 16.0 Å². The standard InChI is InChI=1S/C14H14N4O4/c1-8-15-11(17-22-8)6-12(19)16-9-4-3-5-10-14(9)21-7-13(20)18(10)2/h3-5H,6-7H2,1-2H3,(H,16,19). The van der Waals surface area contributed by atoms with E-state index in [0.717, 1.165) is 0 Å². The number of ether oxygens (including phenoxy) is 1. The summed E-state index contributed by atoms with van der Waals surface area (Å²) in [5, 5.41) is 6.42. The molecule has 2 aromatic rings. The summed E-state index contributed by atoms with van der Waals surface area (Å²) in [6.45, 7) is 1.60. The lowest BCUT2D eigenvalue weighted by atomic mass is 10.2. The van der Waals surface area contributed by atoms with Crippen LogP contribution in [0.2, 0.25) is 0 Å². The van der Waals surface area contributed by atoms with E-state index in [0.29, 0.717) is 28.8 Å². The van der Waals surface area contributed by atoms with Gasteiger partial charge in [-0.2, -0.15) is 4.98 Å². The normalized spacial score (nSPS) is 13.5. The fourth-order valence-electron chi connectivity index (χ4n) is 2.16. The molecule has 114 valence electrons. The van der Waals surface area contributed by atoms with Crippen molar-refractivity contribution in [1.29, 1.82) is 0 Å². The lowest BCUT2D eigenvalue weighted by Gasteiger charge is -2.27. The molecule has 0 spiro atoms. The summed E-state index contributed by atoms with van der Waals surface area (Å²) in [5.41, 5.74) is 1.12. The Balaban J connectivity index is 1.78. The molecule has 3 rings (SSSR count). The Morgan fingerprint density at radius 3 is 3.00 bits per heavy atom. The minimum atomic E-state index is -0.294. The summed E-state index contributed by atoms with van der Waals surface area (Å²) < 4.78 is 10.3. The first-order valence-electron chi connectivity index (χ1n) is 6.66. The fraction of sp³-hybridized carbons (Fsp3) is 0.286. The van der Waals surface area contributed by atoms with Crippen LogP contribution in [-0.4, -0.2) is 35.6 Å². The Kier molecular flexibility index (Phi) is 3.50. The van der Waals surface area contributed by atoms with Crippen LogP contribution in [0.5, 0.6) is 5.75 Å². The molecule has 1 aliphatic rings. The minimum absolute atomic E-state index is 0.00419. The highest BCUT2D eigenvalue weighted by atomic mass is 16.5. The third kappa shape index (κ3) is 2.62. The van der Waals surface area contributed by atoms with Gasteiger partial charge in [-0.3, -0.25) is 9.59 Å². The first-order chi connectivity index (χ1) is 10.5. The molecule has 22 heavy (non-hydrogen) atoms. The van der Waals surface area contributed by atoms with E-state index in [4.69, 9.17) is 9.26 Å². The van der Waals surface area contributed by atoms with E-state index in [1.165, 1.54) is 4.90 Å². The molecular formula is C14H14N4O4. The third-order valence-corrected chi connectivity index (χ3v) is 3.23. The van der Waals surface area contributed by atoms with Crippen LogP contribution >= 0.6 is 0 Å². The third-order valence-electron chi connectivity index (χ3n) is 3.23. The summed E-state index contributed by atoms with van der Waals surface area (Å²) in [7, 11) is 1.66. The van der Waals surface area contributed by atoms with Gasteiger partial charge in [-0.1, -0.05) is 11.2 Å². The van der Waals surface area contributed by atoms with Gasteiger partial charge in [0.15, 0.2) is 18.2 Å². The summed E-state index contributed by atoms with van der Waals surface area (Å²) >= 11 is 0. The lowest BCUT2D eigenvalue weighted by Crippen LogP contribution is -2.35. The van der Waals surface area contributed by atoms with E-state index < -0.39 is 0 Å². The van der Waals surface area contributed by atoms with Crippen molar-refractivity contribution in [2.45, 2.75) is 13.3 Å². The largest absolute Gasteiger partial charge is 0.479 e. The summed E-state index contributed by atoms with van der Waals surface area (Å²) in [4.78, 5) is 29.2. The Morgan fingerprint density at radius 1 is 1.45 bits per heavy atom. The van der Waals surface area contributed by atoms with Gasteiger partial charge in [-0.15, -0.1) is 0 Å². The first kappa shape index (κ1) is 14.1. The van der Waals surface area contributed by atoms with Gasteiger partial charge in [-0.05, 0) is 12.1 Å². The number of carbonyl (C=O) groups is 2. The molecule has 1 aliphatic heterocycles. The van der Waals surface area contributed by atoms with Gasteiger partial charge in [0.05, 0.1) is 17.8 Å². The van der Waals surface area contributed by atoms with Crippen LogP contribution in [0.25, 0.3) is 0 Å². The number of hydrogen-bond donors (Lipinski definition) is 1. The molecule has 0 unspecified atom stereocenters. The molecular weight excluding hydrogens is 288 g/mol. The van der Waals surface area contributed by atoms with Gasteiger partial charge >= 0.3 is 0 Å². The van der Waals surface area contributed by atoms with Crippen molar-refractivity contribution in [2.24, 2.45) is 0 Å². The van der Waals surface area contributed by atoms with Crippen molar-refractivity contribution in [1.82, 2.24) is 10.1 Å². The highest BCUT2D eigenvalue weighted by molar-refractivity contribution is 6.01. The van der Waals surface area contributed by atoms with Crippen LogP contribution in [0.4, 0.5) is 11.4 Å². The predicted molar refractivity (Wildman–Crippen MR) is 76.7 cm³/mol. The molecule has 0 fully saturated rings. The second-order valence-corrected chi connectivity index (χ2v) is 4.85. The van der Waals surface area contributed by atoms with Gasteiger partial charge in [0, 0.05) is 14.0 Å². The maximum atomic E-state index is 12.1. The van der Waals surface area contributed by atoms with Gasteiger partial charge in [0.2, 0.25) is 11.8 Å². The second-order valence-electron chi connectivity index (χ2n) is 4.85. The Labute approximate surface area is 126 Å². The van der Waals surface area contributed by atoms with Crippen molar-refractivity contribution in [3.8, 4) is 5.75 Å². The van der Waals surface area contributed by atoms with Gasteiger partial charge in [0.25, 0.3) is 5.91 Å². The van der Waals surface area contributed by atoms with Gasteiger partial charge in [-0.25, -0.2) is 0 Å². The van der Waals surface area contributed by atoms with Gasteiger partial charge < -0.3 is 19.5 Å². The van der Waals surface area contributed by atoms with Crippen molar-refractivity contribution in [3.63, 3.8) is 0 Å². The maximum absolute atomic E-state index is 12.1. The van der Waals surface area contributed by atoms with E-state index >= 15 is 0 Å². The van der Waals surface area contributed by atoms with Crippen molar-refractivity contribution in [3.05, 3.63) is 29.9 Å². The number of anilines is 2. The maximum Gasteiger partial charge on any atom is 0.264 e. The zero-order chi connectivity index (χ0) is 15.7. The molecule has 0 aliphatic carbocycles. The smallest absolute Gasteiger partial charge is 0.264 e.